The van der Waals surface area contributed by atoms with Crippen molar-refractivity contribution in [2.45, 2.75) is 25.4 Å². The number of aromatic nitrogens is 2. The second-order valence-corrected chi connectivity index (χ2v) is 8.04. The molecular weight excluding hydrogens is 408 g/mol. The van der Waals surface area contributed by atoms with Gasteiger partial charge in [-0.3, -0.25) is 10.2 Å². The van der Waals surface area contributed by atoms with Crippen molar-refractivity contribution in [2.24, 2.45) is 5.92 Å². The van der Waals surface area contributed by atoms with Crippen LogP contribution in [0.3, 0.4) is 0 Å². The van der Waals surface area contributed by atoms with Crippen molar-refractivity contribution in [1.82, 2.24) is 14.9 Å². The highest BCUT2D eigenvalue weighted by Crippen LogP contribution is 2.31. The molecule has 1 atom stereocenters. The number of fused-ring (bicyclic) bond motifs is 1. The van der Waals surface area contributed by atoms with E-state index in [-0.39, 0.29) is 24.4 Å². The summed E-state index contributed by atoms with van der Waals surface area (Å²) in [6.07, 6.45) is 3.17. The largest absolute Gasteiger partial charge is 0.480 e. The summed E-state index contributed by atoms with van der Waals surface area (Å²) >= 11 is 6.22. The third kappa shape index (κ3) is 4.17. The van der Waals surface area contributed by atoms with Crippen molar-refractivity contribution in [2.75, 3.05) is 35.7 Å². The van der Waals surface area contributed by atoms with Gasteiger partial charge in [-0.15, -0.1) is 0 Å². The Labute approximate surface area is 179 Å². The molecule has 0 aliphatic carbocycles. The van der Waals surface area contributed by atoms with E-state index in [2.05, 4.69) is 25.5 Å². The van der Waals surface area contributed by atoms with Gasteiger partial charge >= 0.3 is 12.0 Å². The average Bonchev–Trinajstić information content (AvgIpc) is 2.72. The van der Waals surface area contributed by atoms with Crippen LogP contribution in [0.1, 0.15) is 18.4 Å². The lowest BCUT2D eigenvalue weighted by atomic mass is 9.89. The zero-order valence-electron chi connectivity index (χ0n) is 16.5. The second-order valence-electron chi connectivity index (χ2n) is 7.64. The van der Waals surface area contributed by atoms with Crippen molar-refractivity contribution in [1.29, 1.82) is 0 Å². The van der Waals surface area contributed by atoms with Gasteiger partial charge in [0.15, 0.2) is 0 Å². The molecule has 9 nitrogen and oxygen atoms in total. The number of hydrogen-bond acceptors (Lipinski definition) is 6. The molecule has 2 aliphatic heterocycles. The van der Waals surface area contributed by atoms with Crippen LogP contribution in [0.4, 0.5) is 22.2 Å². The molecule has 4 rings (SSSR count). The number of urea groups is 1. The molecule has 1 unspecified atom stereocenters. The molecule has 0 radical (unpaired) electrons. The molecule has 0 saturated carbocycles. The highest BCUT2D eigenvalue weighted by atomic mass is 35.5. The van der Waals surface area contributed by atoms with Crippen LogP contribution < -0.4 is 15.5 Å². The number of benzene rings is 1. The van der Waals surface area contributed by atoms with E-state index in [9.17, 15) is 14.7 Å². The van der Waals surface area contributed by atoms with Crippen LogP contribution in [0.5, 0.6) is 0 Å². The molecule has 1 fully saturated rings. The number of anilines is 3. The van der Waals surface area contributed by atoms with Crippen LogP contribution in [-0.4, -0.2) is 58.2 Å². The van der Waals surface area contributed by atoms with Crippen LogP contribution >= 0.6 is 11.6 Å². The summed E-state index contributed by atoms with van der Waals surface area (Å²) in [5.41, 5.74) is 1.31. The van der Waals surface area contributed by atoms with Gasteiger partial charge in [0, 0.05) is 11.8 Å². The predicted octanol–water partition coefficient (Wildman–Crippen LogP) is 2.89. The minimum atomic E-state index is -0.931. The number of nitrogens with zero attached hydrogens (tertiary/aromatic N) is 4. The molecule has 2 amide bonds. The van der Waals surface area contributed by atoms with Gasteiger partial charge in [-0.25, -0.2) is 14.6 Å². The fourth-order valence-electron chi connectivity index (χ4n) is 3.86. The van der Waals surface area contributed by atoms with Crippen molar-refractivity contribution in [3.8, 4) is 0 Å². The smallest absolute Gasteiger partial charge is 0.327 e. The van der Waals surface area contributed by atoms with E-state index in [1.807, 2.05) is 13.1 Å². The first-order valence-electron chi connectivity index (χ1n) is 9.79. The highest BCUT2D eigenvalue weighted by Gasteiger charge is 2.32. The fraction of sp³-hybridized carbons (Fsp3) is 0.400. The number of carbonyl (C=O) groups is 2. The Balaban J connectivity index is 1.52. The lowest BCUT2D eigenvalue weighted by Crippen LogP contribution is -2.43. The van der Waals surface area contributed by atoms with Gasteiger partial charge in [-0.2, -0.15) is 4.98 Å². The molecule has 0 spiro atoms. The van der Waals surface area contributed by atoms with E-state index in [4.69, 9.17) is 11.6 Å². The number of rotatable bonds is 5. The zero-order valence-corrected chi connectivity index (χ0v) is 17.3. The highest BCUT2D eigenvalue weighted by molar-refractivity contribution is 6.34. The quantitative estimate of drug-likeness (QED) is 0.668. The van der Waals surface area contributed by atoms with E-state index < -0.39 is 12.0 Å². The third-order valence-corrected chi connectivity index (χ3v) is 5.91. The van der Waals surface area contributed by atoms with E-state index in [1.165, 1.54) is 4.90 Å². The number of para-hydroxylation sites is 1. The number of hydrogen-bond donors (Lipinski definition) is 3. The number of carboxylic acids is 1. The summed E-state index contributed by atoms with van der Waals surface area (Å²) in [7, 11) is 2.03. The molecule has 3 N–H and O–H groups in total. The van der Waals surface area contributed by atoms with Gasteiger partial charge < -0.3 is 15.3 Å². The van der Waals surface area contributed by atoms with E-state index in [0.717, 1.165) is 25.9 Å². The molecule has 2 aliphatic rings. The third-order valence-electron chi connectivity index (χ3n) is 5.59. The van der Waals surface area contributed by atoms with Crippen molar-refractivity contribution < 1.29 is 14.7 Å². The minimum Gasteiger partial charge on any atom is -0.480 e. The van der Waals surface area contributed by atoms with Crippen LogP contribution in [-0.2, 0) is 11.3 Å². The Morgan fingerprint density at radius 2 is 2.07 bits per heavy atom. The zero-order chi connectivity index (χ0) is 21.3. The molecule has 0 bridgehead atoms. The number of nitrogens with one attached hydrogen (secondary N) is 2. The molecule has 10 heteroatoms. The number of likely N-dealkylation sites (tertiary alicyclic amines) is 1. The van der Waals surface area contributed by atoms with Gasteiger partial charge in [-0.05, 0) is 51.0 Å². The van der Waals surface area contributed by atoms with Crippen LogP contribution in [0.2, 0.25) is 5.02 Å². The van der Waals surface area contributed by atoms with E-state index >= 15 is 0 Å². The molecule has 158 valence electrons. The molecule has 2 aromatic rings. The Kier molecular flexibility index (Phi) is 5.74. The Morgan fingerprint density at radius 3 is 2.77 bits per heavy atom. The number of carbonyl (C=O) groups excluding carboxylic acids is 1. The first kappa shape index (κ1) is 20.4. The van der Waals surface area contributed by atoms with Gasteiger partial charge in [-0.1, -0.05) is 23.7 Å². The number of piperidine rings is 1. The summed E-state index contributed by atoms with van der Waals surface area (Å²) in [4.78, 5) is 36.8. The van der Waals surface area contributed by atoms with Crippen molar-refractivity contribution in [3.63, 3.8) is 0 Å². The van der Waals surface area contributed by atoms with Crippen molar-refractivity contribution >= 4 is 41.1 Å². The second kappa shape index (κ2) is 8.45. The molecular formula is C20H23ClN6O3. The maximum absolute atomic E-state index is 12.6. The summed E-state index contributed by atoms with van der Waals surface area (Å²) < 4.78 is 0. The van der Waals surface area contributed by atoms with Gasteiger partial charge in [0.2, 0.25) is 5.95 Å². The van der Waals surface area contributed by atoms with Gasteiger partial charge in [0.25, 0.3) is 0 Å². The lowest BCUT2D eigenvalue weighted by molar-refractivity contribution is -0.139. The van der Waals surface area contributed by atoms with E-state index in [0.29, 0.717) is 22.1 Å². The Hall–Kier alpha value is -2.91. The summed E-state index contributed by atoms with van der Waals surface area (Å²) in [6, 6.07) is 5.95. The topological polar surface area (TPSA) is 111 Å². The van der Waals surface area contributed by atoms with E-state index in [1.54, 1.807) is 24.4 Å². The number of halogens is 1. The molecule has 30 heavy (non-hydrogen) atoms. The summed E-state index contributed by atoms with van der Waals surface area (Å²) in [5, 5.41) is 15.9. The molecule has 1 aromatic heterocycles. The molecule has 1 saturated heterocycles. The first-order chi connectivity index (χ1) is 14.4. The van der Waals surface area contributed by atoms with Gasteiger partial charge in [0.05, 0.1) is 17.3 Å². The summed E-state index contributed by atoms with van der Waals surface area (Å²) in [6.45, 7) is 1.98. The Morgan fingerprint density at radius 1 is 1.33 bits per heavy atom. The van der Waals surface area contributed by atoms with Crippen molar-refractivity contribution in [3.05, 3.63) is 41.0 Å². The predicted molar refractivity (Wildman–Crippen MR) is 114 cm³/mol. The monoisotopic (exact) mass is 430 g/mol. The standard InChI is InChI=1S/C20H23ClN6O3/c1-26-8-6-12(7-9-26)16(18(28)29)23-19-22-10-13-11-27(20(30)25-17(13)24-19)15-5-3-2-4-14(15)21/h2-5,10,12,16H,6-9,11H2,1H3,(H,28,29)(H2,22,23,24,25,30). The number of carboxylic acid groups (broad SMARTS) is 1. The minimum absolute atomic E-state index is 0.0105. The average molecular weight is 431 g/mol. The number of aliphatic carboxylic acids is 1. The van der Waals surface area contributed by atoms with Gasteiger partial charge in [0.1, 0.15) is 11.9 Å². The maximum Gasteiger partial charge on any atom is 0.327 e. The fourth-order valence-corrected chi connectivity index (χ4v) is 4.10. The lowest BCUT2D eigenvalue weighted by Gasteiger charge is -2.33. The SMILES string of the molecule is CN1CCC(C(Nc2ncc3c(n2)NC(=O)N(c2ccccc2Cl)C3)C(=O)O)CC1. The van der Waals surface area contributed by atoms with Crippen LogP contribution in [0.25, 0.3) is 0 Å². The molecule has 1 aromatic carbocycles. The Bertz CT molecular complexity index is 963. The first-order valence-corrected chi connectivity index (χ1v) is 10.2. The van der Waals surface area contributed by atoms with Crippen LogP contribution in [0.15, 0.2) is 30.5 Å². The number of amides is 2. The van der Waals surface area contributed by atoms with Crippen LogP contribution in [0, 0.1) is 5.92 Å². The maximum atomic E-state index is 12.6. The normalized spacial score (nSPS) is 18.5. The summed E-state index contributed by atoms with van der Waals surface area (Å²) in [5.74, 6) is -0.386. The molecule has 3 heterocycles.